The van der Waals surface area contributed by atoms with Gasteiger partial charge in [0, 0.05) is 0 Å². The Morgan fingerprint density at radius 2 is 0.917 bits per heavy atom. The Kier molecular flexibility index (Phi) is 10.2. The fraction of sp³-hybridized carbons (Fsp3) is 0.846. The van der Waals surface area contributed by atoms with Gasteiger partial charge in [-0.15, -0.1) is 0 Å². The molecule has 1 rings (SSSR count). The van der Waals surface area contributed by atoms with Crippen LogP contribution in [0.15, 0.2) is 0 Å². The summed E-state index contributed by atoms with van der Waals surface area (Å²) in [5.41, 5.74) is -3.43. The van der Waals surface area contributed by atoms with Gasteiger partial charge >= 0.3 is 23.9 Å². The summed E-state index contributed by atoms with van der Waals surface area (Å²) in [6.07, 6.45) is -4.60. The SMILES string of the molecule is CC(C)(C)C(=O)OC[C@H]1OC(Br)[C@H](OC(=O)C(C)(C)C)[C@@H](OC(=O)C(C)(C)C)[C@@H]1OC(=O)C(C)(C)C. The minimum atomic E-state index is -1.23. The maximum Gasteiger partial charge on any atom is 0.311 e. The van der Waals surface area contributed by atoms with Crippen LogP contribution in [-0.4, -0.2) is 59.9 Å². The van der Waals surface area contributed by atoms with Crippen molar-refractivity contribution in [3.05, 3.63) is 0 Å². The fourth-order valence-electron chi connectivity index (χ4n) is 2.68. The van der Waals surface area contributed by atoms with Gasteiger partial charge in [0.2, 0.25) is 0 Å². The highest BCUT2D eigenvalue weighted by atomic mass is 79.9. The molecule has 0 aromatic heterocycles. The smallest absolute Gasteiger partial charge is 0.311 e. The molecule has 208 valence electrons. The Hall–Kier alpha value is -1.68. The molecule has 1 saturated heterocycles. The second kappa shape index (κ2) is 11.4. The van der Waals surface area contributed by atoms with Gasteiger partial charge in [0.25, 0.3) is 0 Å². The number of hydrogen-bond acceptors (Lipinski definition) is 9. The van der Waals surface area contributed by atoms with E-state index in [1.165, 1.54) is 0 Å². The number of rotatable bonds is 5. The zero-order valence-corrected chi connectivity index (χ0v) is 25.2. The topological polar surface area (TPSA) is 114 Å². The fourth-order valence-corrected chi connectivity index (χ4v) is 3.36. The van der Waals surface area contributed by atoms with Crippen LogP contribution < -0.4 is 0 Å². The van der Waals surface area contributed by atoms with E-state index in [4.69, 9.17) is 23.7 Å². The summed E-state index contributed by atoms with van der Waals surface area (Å²) in [5.74, 6) is -2.22. The number of alkyl halides is 1. The van der Waals surface area contributed by atoms with Crippen molar-refractivity contribution in [1.82, 2.24) is 0 Å². The zero-order valence-electron chi connectivity index (χ0n) is 23.6. The van der Waals surface area contributed by atoms with Crippen molar-refractivity contribution in [3.8, 4) is 0 Å². The highest BCUT2D eigenvalue weighted by Gasteiger charge is 2.53. The van der Waals surface area contributed by atoms with E-state index >= 15 is 0 Å². The Labute approximate surface area is 223 Å². The quantitative estimate of drug-likeness (QED) is 0.263. The van der Waals surface area contributed by atoms with Gasteiger partial charge in [0.15, 0.2) is 23.3 Å². The molecule has 1 unspecified atom stereocenters. The molecule has 0 aliphatic carbocycles. The molecule has 0 aromatic rings. The molecule has 0 radical (unpaired) electrons. The molecular weight excluding hydrogens is 536 g/mol. The third kappa shape index (κ3) is 9.01. The summed E-state index contributed by atoms with van der Waals surface area (Å²) in [4.78, 5) is 51.1. The molecule has 36 heavy (non-hydrogen) atoms. The van der Waals surface area contributed by atoms with Gasteiger partial charge in [-0.05, 0) is 83.1 Å². The van der Waals surface area contributed by atoms with Crippen molar-refractivity contribution in [2.45, 2.75) is 113 Å². The molecule has 9 nitrogen and oxygen atoms in total. The Morgan fingerprint density at radius 3 is 1.28 bits per heavy atom. The van der Waals surface area contributed by atoms with Crippen molar-refractivity contribution >= 4 is 39.8 Å². The molecule has 1 fully saturated rings. The molecule has 10 heteroatoms. The number of halogens is 1. The molecule has 1 heterocycles. The summed E-state index contributed by atoms with van der Waals surface area (Å²) >= 11 is 3.38. The lowest BCUT2D eigenvalue weighted by molar-refractivity contribution is -0.245. The monoisotopic (exact) mass is 578 g/mol. The third-order valence-corrected chi connectivity index (χ3v) is 5.87. The van der Waals surface area contributed by atoms with E-state index in [2.05, 4.69) is 15.9 Å². The van der Waals surface area contributed by atoms with E-state index in [-0.39, 0.29) is 6.61 Å². The minimum absolute atomic E-state index is 0.274. The summed E-state index contributed by atoms with van der Waals surface area (Å²) in [7, 11) is 0. The Morgan fingerprint density at radius 1 is 0.583 bits per heavy atom. The standard InChI is InChI=1S/C26H43BrO9/c1-23(2,3)19(28)32-13-14-15(34-20(29)24(4,5)6)16(35-21(30)25(7,8)9)17(18(27)33-14)36-22(31)26(10,11)12/h14-18H,13H2,1-12H3/t14-,15-,16+,17-,18?/m1/s1. The van der Waals surface area contributed by atoms with Crippen LogP contribution in [-0.2, 0) is 42.9 Å². The van der Waals surface area contributed by atoms with E-state index in [1.54, 1.807) is 83.1 Å². The van der Waals surface area contributed by atoms with Crippen LogP contribution >= 0.6 is 15.9 Å². The molecular formula is C26H43BrO9. The number of carbonyl (C=O) groups excluding carboxylic acids is 4. The first-order valence-electron chi connectivity index (χ1n) is 12.1. The van der Waals surface area contributed by atoms with Crippen LogP contribution in [0.1, 0.15) is 83.1 Å². The van der Waals surface area contributed by atoms with Crippen LogP contribution in [0.5, 0.6) is 0 Å². The van der Waals surface area contributed by atoms with Crippen LogP contribution in [0, 0.1) is 21.7 Å². The first-order chi connectivity index (χ1) is 16.0. The van der Waals surface area contributed by atoms with E-state index in [1.807, 2.05) is 0 Å². The second-order valence-electron chi connectivity index (χ2n) is 13.2. The molecule has 1 aliphatic heterocycles. The molecule has 5 atom stereocenters. The lowest BCUT2D eigenvalue weighted by atomic mass is 9.93. The summed E-state index contributed by atoms with van der Waals surface area (Å²) in [6, 6.07) is 0. The molecule has 1 aliphatic rings. The highest BCUT2D eigenvalue weighted by Crippen LogP contribution is 2.35. The normalized spacial score (nSPS) is 25.5. The average Bonchev–Trinajstić information content (AvgIpc) is 2.67. The first-order valence-corrected chi connectivity index (χ1v) is 13.0. The van der Waals surface area contributed by atoms with Crippen molar-refractivity contribution in [2.75, 3.05) is 6.61 Å². The van der Waals surface area contributed by atoms with Crippen molar-refractivity contribution in [1.29, 1.82) is 0 Å². The molecule has 0 N–H and O–H groups in total. The van der Waals surface area contributed by atoms with E-state index in [0.717, 1.165) is 0 Å². The number of hydrogen-bond donors (Lipinski definition) is 0. The molecule has 0 aromatic carbocycles. The van der Waals surface area contributed by atoms with Crippen molar-refractivity contribution in [3.63, 3.8) is 0 Å². The summed E-state index contributed by atoms with van der Waals surface area (Å²) in [6.45, 7) is 19.9. The first kappa shape index (κ1) is 32.3. The summed E-state index contributed by atoms with van der Waals surface area (Å²) < 4.78 is 28.8. The van der Waals surface area contributed by atoms with Crippen LogP contribution in [0.2, 0.25) is 0 Å². The van der Waals surface area contributed by atoms with Gasteiger partial charge in [0.1, 0.15) is 12.7 Å². The molecule has 0 bridgehead atoms. The van der Waals surface area contributed by atoms with E-state index < -0.39 is 75.0 Å². The lowest BCUT2D eigenvalue weighted by Gasteiger charge is -2.44. The molecule has 0 amide bonds. The predicted octanol–water partition coefficient (Wildman–Crippen LogP) is 4.57. The van der Waals surface area contributed by atoms with E-state index in [0.29, 0.717) is 0 Å². The van der Waals surface area contributed by atoms with Gasteiger partial charge in [-0.1, -0.05) is 15.9 Å². The third-order valence-electron chi connectivity index (χ3n) is 5.13. The van der Waals surface area contributed by atoms with E-state index in [9.17, 15) is 19.2 Å². The van der Waals surface area contributed by atoms with Gasteiger partial charge in [-0.25, -0.2) is 0 Å². The Bertz CT molecular complexity index is 824. The zero-order chi connectivity index (χ0) is 28.4. The van der Waals surface area contributed by atoms with Gasteiger partial charge in [-0.2, -0.15) is 0 Å². The second-order valence-corrected chi connectivity index (χ2v) is 14.1. The average molecular weight is 580 g/mol. The number of carbonyl (C=O) groups is 4. The maximum atomic E-state index is 13.0. The minimum Gasteiger partial charge on any atom is -0.462 e. The highest BCUT2D eigenvalue weighted by molar-refractivity contribution is 9.09. The molecule has 0 spiro atoms. The van der Waals surface area contributed by atoms with Crippen molar-refractivity contribution in [2.24, 2.45) is 21.7 Å². The van der Waals surface area contributed by atoms with Crippen molar-refractivity contribution < 1.29 is 42.9 Å². The summed E-state index contributed by atoms with van der Waals surface area (Å²) in [5, 5.41) is -0.940. The van der Waals surface area contributed by atoms with Gasteiger partial charge < -0.3 is 23.7 Å². The van der Waals surface area contributed by atoms with Crippen LogP contribution in [0.4, 0.5) is 0 Å². The maximum absolute atomic E-state index is 13.0. The number of ether oxygens (including phenoxy) is 5. The largest absolute Gasteiger partial charge is 0.462 e. The lowest BCUT2D eigenvalue weighted by Crippen LogP contribution is -2.62. The Balaban J connectivity index is 3.50. The van der Waals surface area contributed by atoms with Gasteiger partial charge in [-0.3, -0.25) is 19.2 Å². The van der Waals surface area contributed by atoms with Crippen LogP contribution in [0.25, 0.3) is 0 Å². The van der Waals surface area contributed by atoms with Crippen LogP contribution in [0.3, 0.4) is 0 Å². The molecule has 0 saturated carbocycles. The predicted molar refractivity (Wildman–Crippen MR) is 136 cm³/mol. The van der Waals surface area contributed by atoms with Gasteiger partial charge in [0.05, 0.1) is 21.7 Å². The number of esters is 4.